The lowest BCUT2D eigenvalue weighted by atomic mass is 9.86. The second-order valence-electron chi connectivity index (χ2n) is 5.59. The first-order valence-electron chi connectivity index (χ1n) is 5.95. The summed E-state index contributed by atoms with van der Waals surface area (Å²) in [6.07, 6.45) is 0. The molecule has 0 aliphatic carbocycles. The second-order valence-corrected chi connectivity index (χ2v) is 5.59. The molecular formula is C14H17NO3. The van der Waals surface area contributed by atoms with Crippen LogP contribution in [0.4, 0.5) is 0 Å². The minimum Gasteiger partial charge on any atom is -0.394 e. The maximum atomic E-state index is 12.2. The predicted molar refractivity (Wildman–Crippen MR) is 67.3 cm³/mol. The average Bonchev–Trinajstić information content (AvgIpc) is 2.54. The monoisotopic (exact) mass is 247 g/mol. The van der Waals surface area contributed by atoms with Crippen molar-refractivity contribution in [2.75, 3.05) is 6.61 Å². The van der Waals surface area contributed by atoms with E-state index in [0.717, 1.165) is 0 Å². The van der Waals surface area contributed by atoms with Crippen molar-refractivity contribution >= 4 is 11.8 Å². The Hall–Kier alpha value is -1.68. The van der Waals surface area contributed by atoms with E-state index in [4.69, 9.17) is 0 Å². The SMILES string of the molecule is CC(C)(C)C(CO)N1C(=O)c2ccccc2C1=O. The molecule has 0 aromatic heterocycles. The van der Waals surface area contributed by atoms with Crippen LogP contribution >= 0.6 is 0 Å². The molecule has 1 heterocycles. The number of benzene rings is 1. The molecule has 2 rings (SSSR count). The third-order valence-corrected chi connectivity index (χ3v) is 3.31. The zero-order valence-corrected chi connectivity index (χ0v) is 10.8. The Bertz CT molecular complexity index is 467. The van der Waals surface area contributed by atoms with E-state index >= 15 is 0 Å². The summed E-state index contributed by atoms with van der Waals surface area (Å²) < 4.78 is 0. The lowest BCUT2D eigenvalue weighted by Crippen LogP contribution is -2.49. The van der Waals surface area contributed by atoms with Crippen LogP contribution in [0.15, 0.2) is 24.3 Å². The largest absolute Gasteiger partial charge is 0.394 e. The van der Waals surface area contributed by atoms with E-state index in [-0.39, 0.29) is 23.8 Å². The van der Waals surface area contributed by atoms with Crippen LogP contribution < -0.4 is 0 Å². The van der Waals surface area contributed by atoms with E-state index in [2.05, 4.69) is 0 Å². The molecule has 1 unspecified atom stereocenters. The zero-order chi connectivity index (χ0) is 13.5. The quantitative estimate of drug-likeness (QED) is 0.809. The molecule has 1 atom stereocenters. The zero-order valence-electron chi connectivity index (χ0n) is 10.8. The van der Waals surface area contributed by atoms with Gasteiger partial charge in [-0.2, -0.15) is 0 Å². The number of nitrogens with zero attached hydrogens (tertiary/aromatic N) is 1. The molecule has 0 saturated heterocycles. The number of aliphatic hydroxyl groups excluding tert-OH is 1. The fraction of sp³-hybridized carbons (Fsp3) is 0.429. The lowest BCUT2D eigenvalue weighted by Gasteiger charge is -2.35. The number of hydrogen-bond donors (Lipinski definition) is 1. The van der Waals surface area contributed by atoms with E-state index in [0.29, 0.717) is 11.1 Å². The molecule has 2 amide bonds. The van der Waals surface area contributed by atoms with Crippen LogP contribution in [0.25, 0.3) is 0 Å². The van der Waals surface area contributed by atoms with Crippen LogP contribution in [-0.2, 0) is 0 Å². The molecule has 1 aromatic rings. The summed E-state index contributed by atoms with van der Waals surface area (Å²) in [5.74, 6) is -0.630. The van der Waals surface area contributed by atoms with Crippen molar-refractivity contribution in [2.45, 2.75) is 26.8 Å². The Morgan fingerprint density at radius 3 is 1.89 bits per heavy atom. The molecule has 96 valence electrons. The van der Waals surface area contributed by atoms with Gasteiger partial charge in [0.2, 0.25) is 0 Å². The molecule has 4 nitrogen and oxygen atoms in total. The van der Waals surface area contributed by atoms with E-state index in [1.807, 2.05) is 20.8 Å². The first-order chi connectivity index (χ1) is 8.38. The van der Waals surface area contributed by atoms with Gasteiger partial charge in [0.25, 0.3) is 11.8 Å². The predicted octanol–water partition coefficient (Wildman–Crippen LogP) is 1.69. The standard InChI is InChI=1S/C14H17NO3/c1-14(2,3)11(8-16)15-12(17)9-6-4-5-7-10(9)13(15)18/h4-7,11,16H,8H2,1-3H3. The number of imide groups is 1. The van der Waals surface area contributed by atoms with Crippen molar-refractivity contribution in [3.8, 4) is 0 Å². The van der Waals surface area contributed by atoms with Gasteiger partial charge in [-0.1, -0.05) is 32.9 Å². The normalized spacial score (nSPS) is 17.0. The number of aliphatic hydroxyl groups is 1. The van der Waals surface area contributed by atoms with E-state index in [1.54, 1.807) is 24.3 Å². The van der Waals surface area contributed by atoms with Gasteiger partial charge in [0.05, 0.1) is 23.8 Å². The first kappa shape index (κ1) is 12.8. The van der Waals surface area contributed by atoms with Crippen molar-refractivity contribution in [3.05, 3.63) is 35.4 Å². The Kier molecular flexibility index (Phi) is 2.99. The molecule has 0 saturated carbocycles. The third kappa shape index (κ3) is 1.82. The maximum Gasteiger partial charge on any atom is 0.261 e. The van der Waals surface area contributed by atoms with Crippen LogP contribution in [0, 0.1) is 5.41 Å². The van der Waals surface area contributed by atoms with Gasteiger partial charge in [-0.3, -0.25) is 14.5 Å². The number of fused-ring (bicyclic) bond motifs is 1. The minimum absolute atomic E-state index is 0.227. The number of amides is 2. The number of hydrogen-bond acceptors (Lipinski definition) is 3. The Morgan fingerprint density at radius 2 is 1.56 bits per heavy atom. The maximum absolute atomic E-state index is 12.2. The summed E-state index contributed by atoms with van der Waals surface area (Å²) in [5, 5.41) is 9.49. The van der Waals surface area contributed by atoms with Crippen molar-refractivity contribution in [3.63, 3.8) is 0 Å². The van der Waals surface area contributed by atoms with Crippen LogP contribution in [0.5, 0.6) is 0 Å². The van der Waals surface area contributed by atoms with Gasteiger partial charge in [-0.05, 0) is 17.5 Å². The topological polar surface area (TPSA) is 57.6 Å². The molecule has 1 aromatic carbocycles. The van der Waals surface area contributed by atoms with Gasteiger partial charge in [-0.25, -0.2) is 0 Å². The smallest absolute Gasteiger partial charge is 0.261 e. The van der Waals surface area contributed by atoms with Gasteiger partial charge >= 0.3 is 0 Å². The molecule has 0 spiro atoms. The molecular weight excluding hydrogens is 230 g/mol. The summed E-state index contributed by atoms with van der Waals surface area (Å²) >= 11 is 0. The summed E-state index contributed by atoms with van der Waals surface area (Å²) in [6.45, 7) is 5.47. The molecule has 1 N–H and O–H groups in total. The number of carbonyl (C=O) groups is 2. The van der Waals surface area contributed by atoms with E-state index < -0.39 is 6.04 Å². The second kappa shape index (κ2) is 4.21. The third-order valence-electron chi connectivity index (χ3n) is 3.31. The lowest BCUT2D eigenvalue weighted by molar-refractivity contribution is 0.0325. The van der Waals surface area contributed by atoms with Crippen LogP contribution in [0.3, 0.4) is 0 Å². The summed E-state index contributed by atoms with van der Waals surface area (Å²) in [7, 11) is 0. The molecule has 18 heavy (non-hydrogen) atoms. The van der Waals surface area contributed by atoms with Crippen molar-refractivity contribution in [1.29, 1.82) is 0 Å². The molecule has 0 radical (unpaired) electrons. The highest BCUT2D eigenvalue weighted by Crippen LogP contribution is 2.31. The van der Waals surface area contributed by atoms with E-state index in [1.165, 1.54) is 4.90 Å². The summed E-state index contributed by atoms with van der Waals surface area (Å²) in [6, 6.07) is 6.25. The van der Waals surface area contributed by atoms with Crippen molar-refractivity contribution in [2.24, 2.45) is 5.41 Å². The minimum atomic E-state index is -0.509. The van der Waals surface area contributed by atoms with Gasteiger partial charge in [0.1, 0.15) is 0 Å². The Balaban J connectivity index is 2.45. The molecule has 0 bridgehead atoms. The van der Waals surface area contributed by atoms with Gasteiger partial charge in [-0.15, -0.1) is 0 Å². The number of carbonyl (C=O) groups excluding carboxylic acids is 2. The van der Waals surface area contributed by atoms with Crippen LogP contribution in [-0.4, -0.2) is 34.5 Å². The van der Waals surface area contributed by atoms with Crippen LogP contribution in [0.2, 0.25) is 0 Å². The molecule has 0 fully saturated rings. The van der Waals surface area contributed by atoms with Gasteiger partial charge in [0, 0.05) is 0 Å². The van der Waals surface area contributed by atoms with Gasteiger partial charge in [0.15, 0.2) is 0 Å². The highest BCUT2D eigenvalue weighted by molar-refractivity contribution is 6.21. The first-order valence-corrected chi connectivity index (χ1v) is 5.95. The van der Waals surface area contributed by atoms with E-state index in [9.17, 15) is 14.7 Å². The number of rotatable bonds is 2. The summed E-state index contributed by atoms with van der Waals surface area (Å²) in [4.78, 5) is 25.7. The fourth-order valence-corrected chi connectivity index (χ4v) is 2.23. The molecule has 1 aliphatic heterocycles. The molecule has 1 aliphatic rings. The molecule has 4 heteroatoms. The summed E-state index contributed by atoms with van der Waals surface area (Å²) in [5.41, 5.74) is 0.484. The highest BCUT2D eigenvalue weighted by atomic mass is 16.3. The van der Waals surface area contributed by atoms with Crippen molar-refractivity contribution < 1.29 is 14.7 Å². The Morgan fingerprint density at radius 1 is 1.11 bits per heavy atom. The van der Waals surface area contributed by atoms with Crippen molar-refractivity contribution in [1.82, 2.24) is 4.90 Å². The van der Waals surface area contributed by atoms with Gasteiger partial charge < -0.3 is 5.11 Å². The highest BCUT2D eigenvalue weighted by Gasteiger charge is 2.43. The fourth-order valence-electron chi connectivity index (χ4n) is 2.23. The Labute approximate surface area is 106 Å². The average molecular weight is 247 g/mol. The van der Waals surface area contributed by atoms with Crippen LogP contribution in [0.1, 0.15) is 41.5 Å².